The molecule has 74 valence electrons. The summed E-state index contributed by atoms with van der Waals surface area (Å²) in [6, 6.07) is 8.46. The van der Waals surface area contributed by atoms with Crippen molar-refractivity contribution in [3.8, 4) is 5.75 Å². The summed E-state index contributed by atoms with van der Waals surface area (Å²) in [5.41, 5.74) is 1.25. The van der Waals surface area contributed by atoms with Crippen molar-refractivity contribution in [3.63, 3.8) is 0 Å². The van der Waals surface area contributed by atoms with E-state index in [1.54, 1.807) is 7.11 Å². The number of methoxy groups -OCH3 is 1. The van der Waals surface area contributed by atoms with Gasteiger partial charge in [-0.3, -0.25) is 0 Å². The van der Waals surface area contributed by atoms with E-state index in [1.165, 1.54) is 5.56 Å². The first-order valence-corrected chi connectivity index (χ1v) is 4.09. The van der Waals surface area contributed by atoms with Crippen LogP contribution in [0, 0.1) is 0 Å². The van der Waals surface area contributed by atoms with Crippen molar-refractivity contribution in [1.82, 2.24) is 5.32 Å². The molecule has 1 aromatic carbocycles. The van der Waals surface area contributed by atoms with Crippen molar-refractivity contribution in [2.75, 3.05) is 14.2 Å². The van der Waals surface area contributed by atoms with E-state index in [9.17, 15) is 0 Å². The van der Waals surface area contributed by atoms with Gasteiger partial charge in [0.25, 0.3) is 0 Å². The fourth-order valence-electron chi connectivity index (χ4n) is 1.08. The Bertz CT molecular complexity index is 252. The topological polar surface area (TPSA) is 21.3 Å². The van der Waals surface area contributed by atoms with Crippen LogP contribution in [0.3, 0.4) is 0 Å². The molecule has 0 aliphatic carbocycles. The second-order valence-corrected chi connectivity index (χ2v) is 2.79. The van der Waals surface area contributed by atoms with E-state index in [4.69, 9.17) is 4.74 Å². The van der Waals surface area contributed by atoms with Gasteiger partial charge in [0, 0.05) is 6.04 Å². The number of hydrogen-bond donors (Lipinski definition) is 1. The third-order valence-electron chi connectivity index (χ3n) is 2.03. The molecule has 0 bridgehead atoms. The van der Waals surface area contributed by atoms with Crippen LogP contribution in [-0.4, -0.2) is 14.2 Å². The molecule has 0 saturated carbocycles. The van der Waals surface area contributed by atoms with Gasteiger partial charge >= 0.3 is 0 Å². The zero-order valence-electron chi connectivity index (χ0n) is 8.20. The molecule has 2 nitrogen and oxygen atoms in total. The average molecular weight is 202 g/mol. The first-order valence-electron chi connectivity index (χ1n) is 4.09. The largest absolute Gasteiger partial charge is 0.497 e. The van der Waals surface area contributed by atoms with Crippen molar-refractivity contribution in [1.29, 1.82) is 0 Å². The number of halogens is 1. The van der Waals surface area contributed by atoms with Gasteiger partial charge < -0.3 is 10.1 Å². The smallest absolute Gasteiger partial charge is 0.119 e. The maximum atomic E-state index is 5.12. The molecule has 1 unspecified atom stereocenters. The van der Waals surface area contributed by atoms with Crippen LogP contribution in [0.15, 0.2) is 24.3 Å². The maximum absolute atomic E-state index is 5.12. The highest BCUT2D eigenvalue weighted by molar-refractivity contribution is 5.85. The zero-order valence-corrected chi connectivity index (χ0v) is 9.02. The van der Waals surface area contributed by atoms with Crippen LogP contribution in [0.4, 0.5) is 0 Å². The Labute approximate surface area is 85.7 Å². The van der Waals surface area contributed by atoms with E-state index in [2.05, 4.69) is 18.3 Å². The molecule has 0 amide bonds. The first-order chi connectivity index (χ1) is 5.77. The molecule has 0 aliphatic heterocycles. The van der Waals surface area contributed by atoms with Gasteiger partial charge in [-0.25, -0.2) is 0 Å². The zero-order chi connectivity index (χ0) is 8.97. The third kappa shape index (κ3) is 3.25. The van der Waals surface area contributed by atoms with Crippen LogP contribution in [0.2, 0.25) is 0 Å². The summed E-state index contributed by atoms with van der Waals surface area (Å²) < 4.78 is 5.12. The van der Waals surface area contributed by atoms with Crippen molar-refractivity contribution in [3.05, 3.63) is 29.8 Å². The van der Waals surface area contributed by atoms with Crippen molar-refractivity contribution < 1.29 is 4.74 Å². The lowest BCUT2D eigenvalue weighted by molar-refractivity contribution is 0.413. The van der Waals surface area contributed by atoms with E-state index in [0.717, 1.165) is 5.75 Å². The van der Waals surface area contributed by atoms with Gasteiger partial charge in [0.05, 0.1) is 7.11 Å². The minimum Gasteiger partial charge on any atom is -0.497 e. The van der Waals surface area contributed by atoms with Crippen LogP contribution in [0.25, 0.3) is 0 Å². The van der Waals surface area contributed by atoms with Crippen LogP contribution in [0.1, 0.15) is 18.5 Å². The molecule has 1 atom stereocenters. The number of rotatable bonds is 3. The highest BCUT2D eigenvalue weighted by Gasteiger charge is 2.01. The van der Waals surface area contributed by atoms with Crippen LogP contribution < -0.4 is 10.1 Å². The minimum absolute atomic E-state index is 0. The normalized spacial score (nSPS) is 11.6. The number of nitrogens with one attached hydrogen (secondary N) is 1. The monoisotopic (exact) mass is 201 g/mol. The van der Waals surface area contributed by atoms with Gasteiger partial charge in [0.1, 0.15) is 5.75 Å². The molecule has 0 aromatic heterocycles. The summed E-state index contributed by atoms with van der Waals surface area (Å²) in [6.07, 6.45) is 0. The summed E-state index contributed by atoms with van der Waals surface area (Å²) >= 11 is 0. The number of ether oxygens (including phenoxy) is 1. The van der Waals surface area contributed by atoms with Gasteiger partial charge in [0.2, 0.25) is 0 Å². The predicted octanol–water partition coefficient (Wildman–Crippen LogP) is 2.40. The predicted molar refractivity (Wildman–Crippen MR) is 57.7 cm³/mol. The minimum atomic E-state index is 0. The lowest BCUT2D eigenvalue weighted by atomic mass is 10.1. The van der Waals surface area contributed by atoms with Crippen LogP contribution in [-0.2, 0) is 0 Å². The van der Waals surface area contributed by atoms with E-state index in [0.29, 0.717) is 6.04 Å². The summed E-state index contributed by atoms with van der Waals surface area (Å²) in [7, 11) is 3.63. The molecule has 0 saturated heterocycles. The molecule has 0 fully saturated rings. The SMILES string of the molecule is CNC(C)c1cccc(OC)c1.Cl. The van der Waals surface area contributed by atoms with Gasteiger partial charge in [0.15, 0.2) is 0 Å². The third-order valence-corrected chi connectivity index (χ3v) is 2.03. The Morgan fingerprint density at radius 1 is 1.38 bits per heavy atom. The van der Waals surface area contributed by atoms with E-state index >= 15 is 0 Å². The fraction of sp³-hybridized carbons (Fsp3) is 0.400. The average Bonchev–Trinajstić information content (AvgIpc) is 2.17. The molecular weight excluding hydrogens is 186 g/mol. The Balaban J connectivity index is 0.00000144. The van der Waals surface area contributed by atoms with Gasteiger partial charge in [-0.15, -0.1) is 12.4 Å². The Kier molecular flexibility index (Phi) is 5.51. The molecule has 0 heterocycles. The van der Waals surface area contributed by atoms with E-state index < -0.39 is 0 Å². The molecule has 0 aliphatic rings. The first kappa shape index (κ1) is 12.3. The van der Waals surface area contributed by atoms with Gasteiger partial charge in [-0.05, 0) is 31.7 Å². The molecule has 1 N–H and O–H groups in total. The lowest BCUT2D eigenvalue weighted by Crippen LogP contribution is -2.11. The quantitative estimate of drug-likeness (QED) is 0.811. The number of hydrogen-bond acceptors (Lipinski definition) is 2. The van der Waals surface area contributed by atoms with E-state index in [1.807, 2.05) is 25.2 Å². The van der Waals surface area contributed by atoms with Gasteiger partial charge in [-0.1, -0.05) is 12.1 Å². The summed E-state index contributed by atoms with van der Waals surface area (Å²) in [4.78, 5) is 0. The number of benzene rings is 1. The lowest BCUT2D eigenvalue weighted by Gasteiger charge is -2.11. The maximum Gasteiger partial charge on any atom is 0.119 e. The van der Waals surface area contributed by atoms with Crippen molar-refractivity contribution in [2.45, 2.75) is 13.0 Å². The van der Waals surface area contributed by atoms with Crippen LogP contribution in [0.5, 0.6) is 5.75 Å². The van der Waals surface area contributed by atoms with E-state index in [-0.39, 0.29) is 12.4 Å². The molecule has 3 heteroatoms. The highest BCUT2D eigenvalue weighted by atomic mass is 35.5. The Hall–Kier alpha value is -0.730. The summed E-state index contributed by atoms with van der Waals surface area (Å²) in [5, 5.41) is 3.18. The van der Waals surface area contributed by atoms with Crippen molar-refractivity contribution in [2.24, 2.45) is 0 Å². The van der Waals surface area contributed by atoms with Crippen LogP contribution >= 0.6 is 12.4 Å². The van der Waals surface area contributed by atoms with Crippen molar-refractivity contribution >= 4 is 12.4 Å². The molecule has 13 heavy (non-hydrogen) atoms. The molecular formula is C10H16ClNO. The fourth-order valence-corrected chi connectivity index (χ4v) is 1.08. The standard InChI is InChI=1S/C10H15NO.ClH/c1-8(11-2)9-5-4-6-10(7-9)12-3;/h4-8,11H,1-3H3;1H. The Morgan fingerprint density at radius 3 is 2.62 bits per heavy atom. The summed E-state index contributed by atoms with van der Waals surface area (Å²) in [6.45, 7) is 2.12. The molecule has 1 aromatic rings. The second kappa shape index (κ2) is 5.84. The second-order valence-electron chi connectivity index (χ2n) is 2.79. The summed E-state index contributed by atoms with van der Waals surface area (Å²) in [5.74, 6) is 0.912. The molecule has 0 radical (unpaired) electrons. The van der Waals surface area contributed by atoms with Gasteiger partial charge in [-0.2, -0.15) is 0 Å². The Morgan fingerprint density at radius 2 is 2.08 bits per heavy atom. The molecule has 0 spiro atoms. The highest BCUT2D eigenvalue weighted by Crippen LogP contribution is 2.17. The molecule has 1 rings (SSSR count).